The minimum atomic E-state index is -0.719. The minimum Gasteiger partial charge on any atom is -0.324 e. The summed E-state index contributed by atoms with van der Waals surface area (Å²) < 4.78 is 0. The van der Waals surface area contributed by atoms with E-state index in [1.807, 2.05) is 0 Å². The van der Waals surface area contributed by atoms with Crippen LogP contribution in [-0.2, 0) is 9.63 Å². The fourth-order valence-electron chi connectivity index (χ4n) is 5.14. The summed E-state index contributed by atoms with van der Waals surface area (Å²) in [6.07, 6.45) is 1.83. The van der Waals surface area contributed by atoms with Crippen molar-refractivity contribution in [3.8, 4) is 0 Å². The number of nitrogens with zero attached hydrogens (tertiary/aromatic N) is 1. The lowest BCUT2D eigenvalue weighted by molar-refractivity contribution is -0.130. The Morgan fingerprint density at radius 2 is 1.66 bits per heavy atom. The van der Waals surface area contributed by atoms with E-state index in [0.29, 0.717) is 39.3 Å². The quantitative estimate of drug-likeness (QED) is 0.368. The molecule has 2 aromatic rings. The van der Waals surface area contributed by atoms with Gasteiger partial charge in [0, 0.05) is 11.8 Å². The highest BCUT2D eigenvalue weighted by Gasteiger charge is 2.71. The number of nitrogens with one attached hydrogen (secondary N) is 1. The number of hydrogen-bond acceptors (Lipinski definition) is 4. The summed E-state index contributed by atoms with van der Waals surface area (Å²) in [6, 6.07) is 11.8. The monoisotopic (exact) mass is 492 g/mol. The van der Waals surface area contributed by atoms with Crippen molar-refractivity contribution in [2.75, 3.05) is 5.32 Å². The Kier molecular flexibility index (Phi) is 5.81. The SMILES string of the molecule is CC12CCC(C(=O)Nc3cccc(Cl)c3Cl)(CC1=NOC(=O)c1ccccc1Cl)C2(C)C. The molecule has 0 aliphatic heterocycles. The van der Waals surface area contributed by atoms with E-state index in [1.54, 1.807) is 42.5 Å². The lowest BCUT2D eigenvalue weighted by atomic mass is 9.64. The molecule has 2 atom stereocenters. The van der Waals surface area contributed by atoms with Crippen LogP contribution in [0, 0.1) is 16.2 Å². The Labute approximate surface area is 202 Å². The average Bonchev–Trinajstić information content (AvgIpc) is 3.06. The molecule has 2 aliphatic rings. The van der Waals surface area contributed by atoms with Crippen LogP contribution in [0.1, 0.15) is 50.4 Å². The summed E-state index contributed by atoms with van der Waals surface area (Å²) >= 11 is 18.5. The Morgan fingerprint density at radius 3 is 2.38 bits per heavy atom. The lowest BCUT2D eigenvalue weighted by Gasteiger charge is -2.39. The first-order chi connectivity index (χ1) is 15.0. The van der Waals surface area contributed by atoms with Crippen LogP contribution >= 0.6 is 34.8 Å². The van der Waals surface area contributed by atoms with Crippen LogP contribution in [0.5, 0.6) is 0 Å². The number of fused-ring (bicyclic) bond motifs is 2. The van der Waals surface area contributed by atoms with Crippen LogP contribution in [0.2, 0.25) is 15.1 Å². The maximum Gasteiger partial charge on any atom is 0.367 e. The third-order valence-corrected chi connectivity index (χ3v) is 8.85. The Morgan fingerprint density at radius 1 is 0.969 bits per heavy atom. The molecule has 2 saturated carbocycles. The third kappa shape index (κ3) is 3.33. The molecule has 5 nitrogen and oxygen atoms in total. The zero-order valence-electron chi connectivity index (χ0n) is 18.0. The number of carbonyl (C=O) groups excluding carboxylic acids is 2. The molecule has 0 spiro atoms. The molecule has 1 N–H and O–H groups in total. The van der Waals surface area contributed by atoms with E-state index in [2.05, 4.69) is 31.2 Å². The van der Waals surface area contributed by atoms with Crippen LogP contribution in [0.25, 0.3) is 0 Å². The summed E-state index contributed by atoms with van der Waals surface area (Å²) in [4.78, 5) is 31.3. The topological polar surface area (TPSA) is 67.8 Å². The van der Waals surface area contributed by atoms with E-state index >= 15 is 0 Å². The van der Waals surface area contributed by atoms with Crippen molar-refractivity contribution in [2.24, 2.45) is 21.4 Å². The number of carbonyl (C=O) groups is 2. The van der Waals surface area contributed by atoms with Gasteiger partial charge in [0.1, 0.15) is 0 Å². The summed E-state index contributed by atoms with van der Waals surface area (Å²) in [5.41, 5.74) is -0.133. The number of halogens is 3. The van der Waals surface area contributed by atoms with Crippen LogP contribution in [0.3, 0.4) is 0 Å². The van der Waals surface area contributed by atoms with Crippen LogP contribution in [0.15, 0.2) is 47.6 Å². The number of oxime groups is 1. The molecule has 2 aromatic carbocycles. The normalized spacial score (nSPS) is 26.9. The van der Waals surface area contributed by atoms with Gasteiger partial charge in [-0.25, -0.2) is 4.79 Å². The molecule has 4 rings (SSSR count). The standard InChI is InChI=1S/C24H23Cl3N2O3/c1-22(2)23(3)11-12-24(22,21(31)28-17-10-6-9-16(26)19(17)27)13-18(23)29-32-20(30)14-7-4-5-8-15(14)25/h4-10H,11-13H2,1-3H3,(H,28,31). The molecule has 1 amide bonds. The highest BCUT2D eigenvalue weighted by molar-refractivity contribution is 6.44. The van der Waals surface area contributed by atoms with Crippen molar-refractivity contribution in [3.05, 3.63) is 63.1 Å². The van der Waals surface area contributed by atoms with E-state index in [0.717, 1.165) is 6.42 Å². The number of hydrogen-bond donors (Lipinski definition) is 1. The molecule has 8 heteroatoms. The molecule has 0 heterocycles. The van der Waals surface area contributed by atoms with E-state index in [9.17, 15) is 9.59 Å². The van der Waals surface area contributed by atoms with Gasteiger partial charge in [-0.15, -0.1) is 0 Å². The summed E-state index contributed by atoms with van der Waals surface area (Å²) in [7, 11) is 0. The second-order valence-corrected chi connectivity index (χ2v) is 10.4. The zero-order valence-corrected chi connectivity index (χ0v) is 20.2. The molecule has 2 unspecified atom stereocenters. The van der Waals surface area contributed by atoms with Gasteiger partial charge in [0.05, 0.1) is 37.4 Å². The molecule has 2 bridgehead atoms. The van der Waals surface area contributed by atoms with Gasteiger partial charge in [0.25, 0.3) is 0 Å². The van der Waals surface area contributed by atoms with Gasteiger partial charge in [-0.3, -0.25) is 4.79 Å². The van der Waals surface area contributed by atoms with Crippen molar-refractivity contribution < 1.29 is 14.4 Å². The molecule has 2 aliphatic carbocycles. The van der Waals surface area contributed by atoms with Gasteiger partial charge in [-0.1, -0.05) is 78.9 Å². The van der Waals surface area contributed by atoms with Gasteiger partial charge in [0.2, 0.25) is 5.91 Å². The smallest absolute Gasteiger partial charge is 0.324 e. The van der Waals surface area contributed by atoms with E-state index in [4.69, 9.17) is 39.6 Å². The van der Waals surface area contributed by atoms with Crippen molar-refractivity contribution in [2.45, 2.75) is 40.0 Å². The summed E-state index contributed by atoms with van der Waals surface area (Å²) in [6.45, 7) is 6.21. The molecule has 0 aromatic heterocycles. The van der Waals surface area contributed by atoms with Gasteiger partial charge in [-0.2, -0.15) is 0 Å². The summed E-state index contributed by atoms with van der Waals surface area (Å²) in [5.74, 6) is -0.769. The Balaban J connectivity index is 1.62. The van der Waals surface area contributed by atoms with Gasteiger partial charge in [-0.05, 0) is 42.5 Å². The van der Waals surface area contributed by atoms with Gasteiger partial charge >= 0.3 is 5.97 Å². The zero-order chi connectivity index (χ0) is 23.3. The summed E-state index contributed by atoms with van der Waals surface area (Å²) in [5, 5.41) is 8.18. The molecule has 32 heavy (non-hydrogen) atoms. The maximum atomic E-state index is 13.6. The fourth-order valence-corrected chi connectivity index (χ4v) is 5.70. The maximum absolute atomic E-state index is 13.6. The first-order valence-corrected chi connectivity index (χ1v) is 11.5. The number of amides is 1. The van der Waals surface area contributed by atoms with Crippen LogP contribution in [0.4, 0.5) is 5.69 Å². The first-order valence-electron chi connectivity index (χ1n) is 10.3. The lowest BCUT2D eigenvalue weighted by Crippen LogP contribution is -2.43. The van der Waals surface area contributed by atoms with E-state index in [-0.39, 0.29) is 11.5 Å². The highest BCUT2D eigenvalue weighted by atomic mass is 35.5. The van der Waals surface area contributed by atoms with Crippen molar-refractivity contribution in [3.63, 3.8) is 0 Å². The predicted molar refractivity (Wildman–Crippen MR) is 128 cm³/mol. The van der Waals surface area contributed by atoms with E-state index in [1.165, 1.54) is 0 Å². The minimum absolute atomic E-state index is 0.141. The second-order valence-electron chi connectivity index (χ2n) is 9.17. The second kappa shape index (κ2) is 8.05. The fraction of sp³-hybridized carbons (Fsp3) is 0.375. The first kappa shape index (κ1) is 23.1. The van der Waals surface area contributed by atoms with Crippen molar-refractivity contribution >= 4 is 58.1 Å². The molecule has 168 valence electrons. The molecule has 2 fully saturated rings. The Hall–Kier alpha value is -2.08. The van der Waals surface area contributed by atoms with Crippen molar-refractivity contribution in [1.29, 1.82) is 0 Å². The Bertz CT molecular complexity index is 1150. The van der Waals surface area contributed by atoms with Crippen LogP contribution < -0.4 is 5.32 Å². The third-order valence-electron chi connectivity index (χ3n) is 7.70. The predicted octanol–water partition coefficient (Wildman–Crippen LogP) is 7.01. The highest BCUT2D eigenvalue weighted by Crippen LogP contribution is 2.71. The number of anilines is 1. The average molecular weight is 494 g/mol. The number of rotatable bonds is 4. The molecular formula is C24H23Cl3N2O3. The molecule has 0 saturated heterocycles. The molecule has 0 radical (unpaired) electrons. The van der Waals surface area contributed by atoms with E-state index < -0.39 is 22.2 Å². The molecular weight excluding hydrogens is 471 g/mol. The van der Waals surface area contributed by atoms with Gasteiger partial charge in [0.15, 0.2) is 0 Å². The van der Waals surface area contributed by atoms with Gasteiger partial charge < -0.3 is 10.2 Å². The largest absolute Gasteiger partial charge is 0.367 e. The van der Waals surface area contributed by atoms with Crippen molar-refractivity contribution in [1.82, 2.24) is 0 Å². The van der Waals surface area contributed by atoms with Crippen LogP contribution in [-0.4, -0.2) is 17.6 Å². The number of benzene rings is 2.